The molecule has 0 aromatic carbocycles. The van der Waals surface area contributed by atoms with Gasteiger partial charge in [0.05, 0.1) is 0 Å². The molecule has 0 aliphatic carbocycles. The smallest absolute Gasteiger partial charge is 0.272 e. The lowest BCUT2D eigenvalue weighted by molar-refractivity contribution is -0.0300. The van der Waals surface area contributed by atoms with E-state index in [1.807, 2.05) is 39.8 Å². The lowest BCUT2D eigenvalue weighted by Gasteiger charge is -2.50. The van der Waals surface area contributed by atoms with Gasteiger partial charge in [0.1, 0.15) is 11.3 Å². The average Bonchev–Trinajstić information content (AvgIpc) is 2.45. The number of carbonyl (C=O) groups is 1. The molecule has 5 heteroatoms. The molecule has 1 aromatic rings. The van der Waals surface area contributed by atoms with Crippen LogP contribution in [0, 0.1) is 5.92 Å². The average molecular weight is 291 g/mol. The summed E-state index contributed by atoms with van der Waals surface area (Å²) in [6, 6.07) is 3.71. The molecule has 1 amide bonds. The maximum Gasteiger partial charge on any atom is 0.272 e. The first-order chi connectivity index (χ1) is 9.91. The monoisotopic (exact) mass is 291 g/mol. The van der Waals surface area contributed by atoms with Gasteiger partial charge < -0.3 is 14.9 Å². The molecule has 1 aromatic heterocycles. The zero-order chi connectivity index (χ0) is 15.6. The van der Waals surface area contributed by atoms with E-state index in [2.05, 4.69) is 9.88 Å². The van der Waals surface area contributed by atoms with Gasteiger partial charge in [0, 0.05) is 38.1 Å². The molecule has 1 fully saturated rings. The van der Waals surface area contributed by atoms with Gasteiger partial charge in [-0.1, -0.05) is 13.8 Å². The predicted molar refractivity (Wildman–Crippen MR) is 83.5 cm³/mol. The second-order valence-electron chi connectivity index (χ2n) is 5.99. The Labute approximate surface area is 126 Å². The van der Waals surface area contributed by atoms with E-state index < -0.39 is 5.60 Å². The van der Waals surface area contributed by atoms with Crippen LogP contribution in [0.4, 0.5) is 5.69 Å². The normalized spacial score (nSPS) is 16.8. The van der Waals surface area contributed by atoms with Crippen molar-refractivity contribution >= 4 is 11.6 Å². The molecule has 0 radical (unpaired) electrons. The molecular formula is C16H25N3O2. The fourth-order valence-electron chi connectivity index (χ4n) is 2.57. The van der Waals surface area contributed by atoms with Crippen LogP contribution in [-0.2, 0) is 0 Å². The maximum atomic E-state index is 12.3. The Morgan fingerprint density at radius 1 is 1.43 bits per heavy atom. The number of carbonyl (C=O) groups excluding carboxylic acids is 1. The molecule has 1 saturated heterocycles. The van der Waals surface area contributed by atoms with Crippen molar-refractivity contribution in [2.75, 3.05) is 31.1 Å². The summed E-state index contributed by atoms with van der Waals surface area (Å²) in [6.45, 7) is 10.5. The molecule has 1 N–H and O–H groups in total. The third-order valence-corrected chi connectivity index (χ3v) is 4.38. The lowest BCUT2D eigenvalue weighted by atomic mass is 9.82. The van der Waals surface area contributed by atoms with E-state index in [1.54, 1.807) is 11.1 Å². The first-order valence-electron chi connectivity index (χ1n) is 7.64. The third-order valence-electron chi connectivity index (χ3n) is 4.38. The van der Waals surface area contributed by atoms with Crippen molar-refractivity contribution in [3.8, 4) is 0 Å². The number of pyridine rings is 1. The number of rotatable bonds is 5. The van der Waals surface area contributed by atoms with Crippen molar-refractivity contribution < 1.29 is 9.90 Å². The van der Waals surface area contributed by atoms with Crippen LogP contribution in [0.2, 0.25) is 0 Å². The third kappa shape index (κ3) is 3.02. The minimum absolute atomic E-state index is 0.0403. The summed E-state index contributed by atoms with van der Waals surface area (Å²) in [7, 11) is 0. The van der Waals surface area contributed by atoms with E-state index >= 15 is 0 Å². The molecule has 2 rings (SSSR count). The number of β-amino-alcohol motifs (C(OH)–C–C–N with tert-alkyl or cyclic N) is 1. The summed E-state index contributed by atoms with van der Waals surface area (Å²) in [5.41, 5.74) is 0.800. The highest BCUT2D eigenvalue weighted by Crippen LogP contribution is 2.32. The van der Waals surface area contributed by atoms with Crippen LogP contribution in [-0.4, -0.2) is 52.7 Å². The second kappa shape index (κ2) is 6.02. The molecule has 0 saturated carbocycles. The van der Waals surface area contributed by atoms with Crippen LogP contribution in [0.15, 0.2) is 18.3 Å². The minimum Gasteiger partial charge on any atom is -0.386 e. The number of aromatic nitrogens is 1. The van der Waals surface area contributed by atoms with Crippen LogP contribution in [0.25, 0.3) is 0 Å². The van der Waals surface area contributed by atoms with E-state index in [9.17, 15) is 9.90 Å². The number of amides is 1. The van der Waals surface area contributed by atoms with E-state index in [1.165, 1.54) is 0 Å². The van der Waals surface area contributed by atoms with Gasteiger partial charge in [-0.25, -0.2) is 0 Å². The summed E-state index contributed by atoms with van der Waals surface area (Å²) < 4.78 is 0. The Morgan fingerprint density at radius 3 is 2.57 bits per heavy atom. The van der Waals surface area contributed by atoms with Gasteiger partial charge in [-0.15, -0.1) is 0 Å². The fraction of sp³-hybridized carbons (Fsp3) is 0.625. The fourth-order valence-corrected chi connectivity index (χ4v) is 2.57. The highest BCUT2D eigenvalue weighted by molar-refractivity contribution is 5.93. The topological polar surface area (TPSA) is 56.7 Å². The van der Waals surface area contributed by atoms with Crippen molar-refractivity contribution in [1.82, 2.24) is 9.88 Å². The largest absolute Gasteiger partial charge is 0.386 e. The summed E-state index contributed by atoms with van der Waals surface area (Å²) in [5, 5.41) is 10.3. The van der Waals surface area contributed by atoms with Crippen LogP contribution < -0.4 is 4.90 Å². The maximum absolute atomic E-state index is 12.3. The molecule has 5 nitrogen and oxygen atoms in total. The molecule has 0 bridgehead atoms. The summed E-state index contributed by atoms with van der Waals surface area (Å²) in [4.78, 5) is 20.3. The number of aliphatic hydroxyl groups is 1. The molecule has 1 aliphatic heterocycles. The van der Waals surface area contributed by atoms with Gasteiger partial charge in [-0.3, -0.25) is 9.78 Å². The Kier molecular flexibility index (Phi) is 4.52. The van der Waals surface area contributed by atoms with Gasteiger partial charge in [0.2, 0.25) is 0 Å². The molecule has 0 atom stereocenters. The SMILES string of the molecule is CCN(CC)C(=O)c1cc(N2CC(O)(C(C)C)C2)ccn1. The summed E-state index contributed by atoms with van der Waals surface area (Å²) >= 11 is 0. The van der Waals surface area contributed by atoms with Crippen LogP contribution >= 0.6 is 0 Å². The van der Waals surface area contributed by atoms with Crippen LogP contribution in [0.3, 0.4) is 0 Å². The predicted octanol–water partition coefficient (Wildman–Crippen LogP) is 1.77. The molecule has 116 valence electrons. The van der Waals surface area contributed by atoms with Gasteiger partial charge in [0.25, 0.3) is 5.91 Å². The quantitative estimate of drug-likeness (QED) is 0.898. The Bertz CT molecular complexity index is 506. The van der Waals surface area contributed by atoms with E-state index in [4.69, 9.17) is 0 Å². The van der Waals surface area contributed by atoms with Crippen LogP contribution in [0.1, 0.15) is 38.2 Å². The Morgan fingerprint density at radius 2 is 2.05 bits per heavy atom. The molecule has 21 heavy (non-hydrogen) atoms. The van der Waals surface area contributed by atoms with Crippen molar-refractivity contribution in [3.05, 3.63) is 24.0 Å². The number of nitrogens with zero attached hydrogens (tertiary/aromatic N) is 3. The standard InChI is InChI=1S/C16H25N3O2/c1-5-18(6-2)15(20)14-9-13(7-8-17-14)19-10-16(21,11-19)12(3)4/h7-9,12,21H,5-6,10-11H2,1-4H3. The van der Waals surface area contributed by atoms with E-state index in [-0.39, 0.29) is 11.8 Å². The molecule has 1 aliphatic rings. The van der Waals surface area contributed by atoms with Crippen molar-refractivity contribution in [1.29, 1.82) is 0 Å². The first kappa shape index (κ1) is 15.8. The number of anilines is 1. The highest BCUT2D eigenvalue weighted by atomic mass is 16.3. The first-order valence-corrected chi connectivity index (χ1v) is 7.64. The van der Waals surface area contributed by atoms with Gasteiger partial charge >= 0.3 is 0 Å². The zero-order valence-corrected chi connectivity index (χ0v) is 13.3. The number of hydrogen-bond acceptors (Lipinski definition) is 4. The Balaban J connectivity index is 2.11. The van der Waals surface area contributed by atoms with Gasteiger partial charge in [0.15, 0.2) is 0 Å². The summed E-state index contributed by atoms with van der Waals surface area (Å²) in [6.07, 6.45) is 1.67. The molecule has 0 unspecified atom stereocenters. The Hall–Kier alpha value is -1.62. The van der Waals surface area contributed by atoms with Crippen molar-refractivity contribution in [2.45, 2.75) is 33.3 Å². The summed E-state index contributed by atoms with van der Waals surface area (Å²) in [5.74, 6) is 0.189. The van der Waals surface area contributed by atoms with E-state index in [0.29, 0.717) is 31.9 Å². The molecule has 0 spiro atoms. The molecule has 2 heterocycles. The van der Waals surface area contributed by atoms with E-state index in [0.717, 1.165) is 5.69 Å². The molecular weight excluding hydrogens is 266 g/mol. The minimum atomic E-state index is -0.619. The van der Waals surface area contributed by atoms with Crippen molar-refractivity contribution in [2.24, 2.45) is 5.92 Å². The second-order valence-corrected chi connectivity index (χ2v) is 5.99. The van der Waals surface area contributed by atoms with Crippen molar-refractivity contribution in [3.63, 3.8) is 0 Å². The van der Waals surface area contributed by atoms with Gasteiger partial charge in [-0.05, 0) is 31.9 Å². The van der Waals surface area contributed by atoms with Gasteiger partial charge in [-0.2, -0.15) is 0 Å². The lowest BCUT2D eigenvalue weighted by Crippen LogP contribution is -2.64. The zero-order valence-electron chi connectivity index (χ0n) is 13.3. The highest BCUT2D eigenvalue weighted by Gasteiger charge is 2.43. The van der Waals surface area contributed by atoms with Crippen LogP contribution in [0.5, 0.6) is 0 Å². The number of hydrogen-bond donors (Lipinski definition) is 1.